The highest BCUT2D eigenvalue weighted by Crippen LogP contribution is 2.41. The highest BCUT2D eigenvalue weighted by Gasteiger charge is 2.35. The van der Waals surface area contributed by atoms with Gasteiger partial charge in [-0.05, 0) is 40.8 Å². The summed E-state index contributed by atoms with van der Waals surface area (Å²) in [6.07, 6.45) is -0.685. The number of sulfone groups is 1. The maximum atomic E-state index is 13.9. The van der Waals surface area contributed by atoms with Crippen LogP contribution in [0.1, 0.15) is 36.5 Å². The summed E-state index contributed by atoms with van der Waals surface area (Å²) in [7, 11) is -1.65. The molecule has 0 bridgehead atoms. The number of hydrogen-bond donors (Lipinski definition) is 1. The predicted molar refractivity (Wildman–Crippen MR) is 132 cm³/mol. The van der Waals surface area contributed by atoms with E-state index in [9.17, 15) is 21.6 Å². The van der Waals surface area contributed by atoms with Gasteiger partial charge < -0.3 is 14.8 Å². The molecule has 0 aliphatic carbocycles. The zero-order valence-corrected chi connectivity index (χ0v) is 21.2. The maximum absolute atomic E-state index is 13.9. The number of halogens is 3. The highest BCUT2D eigenvalue weighted by atomic mass is 32.2. The van der Waals surface area contributed by atoms with Gasteiger partial charge in [-0.2, -0.15) is 13.2 Å². The van der Waals surface area contributed by atoms with Crippen molar-refractivity contribution in [3.63, 3.8) is 0 Å². The number of methoxy groups -OCH3 is 1. The summed E-state index contributed by atoms with van der Waals surface area (Å²) in [5, 5.41) is 2.96. The minimum absolute atomic E-state index is 0.0170. The van der Waals surface area contributed by atoms with Crippen molar-refractivity contribution >= 4 is 15.8 Å². The van der Waals surface area contributed by atoms with Crippen molar-refractivity contribution in [1.82, 2.24) is 9.97 Å². The molecule has 194 valence electrons. The average molecular weight is 524 g/mol. The van der Waals surface area contributed by atoms with E-state index in [-0.39, 0.29) is 42.1 Å². The van der Waals surface area contributed by atoms with Crippen molar-refractivity contribution in [2.24, 2.45) is 0 Å². The van der Waals surface area contributed by atoms with Crippen LogP contribution in [-0.2, 0) is 22.6 Å². The van der Waals surface area contributed by atoms with Gasteiger partial charge in [0.1, 0.15) is 12.4 Å². The topological polar surface area (TPSA) is 90.4 Å². The first-order valence-corrected chi connectivity index (χ1v) is 13.2. The minimum atomic E-state index is -4.52. The Morgan fingerprint density at radius 2 is 1.72 bits per heavy atom. The molecule has 0 amide bonds. The van der Waals surface area contributed by atoms with Crippen molar-refractivity contribution in [3.8, 4) is 22.6 Å². The molecule has 1 N–H and O–H groups in total. The van der Waals surface area contributed by atoms with Gasteiger partial charge in [0.25, 0.3) is 0 Å². The number of ether oxygens (including phenoxy) is 2. The van der Waals surface area contributed by atoms with Crippen molar-refractivity contribution in [1.29, 1.82) is 0 Å². The van der Waals surface area contributed by atoms with E-state index in [4.69, 9.17) is 9.47 Å². The van der Waals surface area contributed by atoms with Crippen molar-refractivity contribution in [2.75, 3.05) is 31.0 Å². The van der Waals surface area contributed by atoms with Crippen LogP contribution in [0, 0.1) is 0 Å². The first-order valence-electron chi connectivity index (χ1n) is 11.1. The smallest absolute Gasteiger partial charge is 0.416 e. The maximum Gasteiger partial charge on any atom is 0.416 e. The van der Waals surface area contributed by atoms with Gasteiger partial charge in [-0.15, -0.1) is 0 Å². The SMILES string of the molecule is COc1ccccc1-c1cc(C(C)C)c(C(F)(F)F)cc1CNc1ncc(OCCS(C)(=O)=O)cn1. The molecule has 0 aliphatic rings. The van der Waals surface area contributed by atoms with Crippen LogP contribution in [0.4, 0.5) is 19.1 Å². The first-order chi connectivity index (χ1) is 16.9. The summed E-state index contributed by atoms with van der Waals surface area (Å²) in [6.45, 7) is 3.42. The lowest BCUT2D eigenvalue weighted by molar-refractivity contribution is -0.138. The van der Waals surface area contributed by atoms with Crippen LogP contribution in [0.3, 0.4) is 0 Å². The molecule has 1 heterocycles. The lowest BCUT2D eigenvalue weighted by Gasteiger charge is -2.21. The Labute approximate surface area is 208 Å². The Bertz CT molecular complexity index is 1290. The van der Waals surface area contributed by atoms with E-state index in [0.29, 0.717) is 22.4 Å². The third-order valence-corrected chi connectivity index (χ3v) is 6.30. The summed E-state index contributed by atoms with van der Waals surface area (Å²) >= 11 is 0. The summed E-state index contributed by atoms with van der Waals surface area (Å²) < 4.78 is 75.0. The molecule has 0 saturated heterocycles. The molecule has 0 saturated carbocycles. The van der Waals surface area contributed by atoms with Gasteiger partial charge in [-0.3, -0.25) is 0 Å². The molecule has 0 spiro atoms. The van der Waals surface area contributed by atoms with Gasteiger partial charge in [0.2, 0.25) is 5.95 Å². The number of aromatic nitrogens is 2. The molecule has 0 aliphatic heterocycles. The second-order valence-electron chi connectivity index (χ2n) is 8.52. The van der Waals surface area contributed by atoms with Crippen LogP contribution in [0.5, 0.6) is 11.5 Å². The molecule has 1 aromatic heterocycles. The number of nitrogens with one attached hydrogen (secondary N) is 1. The van der Waals surface area contributed by atoms with Crippen LogP contribution in [-0.4, -0.2) is 44.1 Å². The van der Waals surface area contributed by atoms with E-state index in [2.05, 4.69) is 15.3 Å². The molecule has 2 aromatic carbocycles. The molecule has 3 rings (SSSR count). The summed E-state index contributed by atoms with van der Waals surface area (Å²) in [4.78, 5) is 8.24. The standard InChI is InChI=1S/C25H28F3N3O4S/c1-16(2)20-12-21(19-7-5-6-8-23(19)34-3)17(11-22(20)25(26,27)28)13-29-24-30-14-18(15-31-24)35-9-10-36(4,32)33/h5-8,11-12,14-16H,9-10,13H2,1-4H3,(H,29,30,31). The third-order valence-electron chi connectivity index (χ3n) is 5.39. The predicted octanol–water partition coefficient (Wildman–Crippen LogP) is 5.33. The number of benzene rings is 2. The number of anilines is 1. The van der Waals surface area contributed by atoms with Gasteiger partial charge in [-0.1, -0.05) is 32.0 Å². The van der Waals surface area contributed by atoms with E-state index < -0.39 is 21.6 Å². The Balaban J connectivity index is 1.92. The van der Waals surface area contributed by atoms with Gasteiger partial charge in [0, 0.05) is 18.4 Å². The third kappa shape index (κ3) is 7.09. The number of alkyl halides is 3. The fraction of sp³-hybridized carbons (Fsp3) is 0.360. The minimum Gasteiger partial charge on any atom is -0.496 e. The van der Waals surface area contributed by atoms with Crippen LogP contribution in [0.25, 0.3) is 11.1 Å². The Morgan fingerprint density at radius 1 is 1.06 bits per heavy atom. The number of hydrogen-bond acceptors (Lipinski definition) is 7. The second-order valence-corrected chi connectivity index (χ2v) is 10.8. The van der Waals surface area contributed by atoms with Crippen LogP contribution in [0.15, 0.2) is 48.8 Å². The first kappa shape index (κ1) is 27.3. The van der Waals surface area contributed by atoms with Crippen molar-refractivity contribution < 1.29 is 31.1 Å². The molecular weight excluding hydrogens is 495 g/mol. The van der Waals surface area contributed by atoms with Crippen molar-refractivity contribution in [3.05, 3.63) is 65.5 Å². The van der Waals surface area contributed by atoms with Crippen molar-refractivity contribution in [2.45, 2.75) is 32.5 Å². The molecule has 0 atom stereocenters. The summed E-state index contributed by atoms with van der Waals surface area (Å²) in [5.74, 6) is 0.500. The summed E-state index contributed by atoms with van der Waals surface area (Å²) in [6, 6.07) is 9.88. The zero-order chi connectivity index (χ0) is 26.5. The molecule has 11 heteroatoms. The van der Waals surface area contributed by atoms with E-state index in [0.717, 1.165) is 12.3 Å². The average Bonchev–Trinajstić information content (AvgIpc) is 2.81. The molecule has 0 fully saturated rings. The van der Waals surface area contributed by atoms with Crippen LogP contribution in [0.2, 0.25) is 0 Å². The Morgan fingerprint density at radius 3 is 2.31 bits per heavy atom. The lowest BCUT2D eigenvalue weighted by atomic mass is 9.88. The molecule has 36 heavy (non-hydrogen) atoms. The van der Waals surface area contributed by atoms with Crippen LogP contribution < -0.4 is 14.8 Å². The molecule has 0 unspecified atom stereocenters. The van der Waals surface area contributed by atoms with Crippen LogP contribution >= 0.6 is 0 Å². The number of rotatable bonds is 10. The second kappa shape index (κ2) is 11.2. The highest BCUT2D eigenvalue weighted by molar-refractivity contribution is 7.90. The fourth-order valence-electron chi connectivity index (χ4n) is 3.62. The molecule has 0 radical (unpaired) electrons. The van der Waals surface area contributed by atoms with E-state index in [1.165, 1.54) is 19.5 Å². The van der Waals surface area contributed by atoms with Gasteiger partial charge in [0.15, 0.2) is 15.6 Å². The molecule has 3 aromatic rings. The quantitative estimate of drug-likeness (QED) is 0.384. The van der Waals surface area contributed by atoms with Gasteiger partial charge >= 0.3 is 6.18 Å². The Hall–Kier alpha value is -3.34. The van der Waals surface area contributed by atoms with E-state index >= 15 is 0 Å². The lowest BCUT2D eigenvalue weighted by Crippen LogP contribution is -2.14. The Kier molecular flexibility index (Phi) is 8.44. The number of nitrogens with zero attached hydrogens (tertiary/aromatic N) is 2. The van der Waals surface area contributed by atoms with E-state index in [1.54, 1.807) is 44.2 Å². The zero-order valence-electron chi connectivity index (χ0n) is 20.4. The largest absolute Gasteiger partial charge is 0.496 e. The number of para-hydroxylation sites is 1. The van der Waals surface area contributed by atoms with E-state index in [1.807, 2.05) is 0 Å². The van der Waals surface area contributed by atoms with Gasteiger partial charge in [-0.25, -0.2) is 18.4 Å². The van der Waals surface area contributed by atoms with Gasteiger partial charge in [0.05, 0.1) is 30.8 Å². The molecular formula is C25H28F3N3O4S. The molecule has 7 nitrogen and oxygen atoms in total. The summed E-state index contributed by atoms with van der Waals surface area (Å²) in [5.41, 5.74) is 1.18. The fourth-order valence-corrected chi connectivity index (χ4v) is 4.00. The monoisotopic (exact) mass is 523 g/mol. The normalized spacial score (nSPS) is 12.0.